The van der Waals surface area contributed by atoms with E-state index in [9.17, 15) is 0 Å². The summed E-state index contributed by atoms with van der Waals surface area (Å²) in [6.07, 6.45) is 1.86. The third kappa shape index (κ3) is 3.34. The first-order valence-electron chi connectivity index (χ1n) is 8.42. The molecule has 1 aliphatic heterocycles. The summed E-state index contributed by atoms with van der Waals surface area (Å²) in [5.41, 5.74) is 9.25. The number of nitrogens with two attached hydrogens (primary N) is 1. The fourth-order valence-electron chi connectivity index (χ4n) is 3.08. The van der Waals surface area contributed by atoms with Crippen molar-refractivity contribution in [2.24, 2.45) is 5.73 Å². The minimum atomic E-state index is -0.178. The topological polar surface area (TPSA) is 51.6 Å². The Morgan fingerprint density at radius 2 is 1.92 bits per heavy atom. The maximum Gasteiger partial charge on any atom is 0.207 e. The number of rotatable bonds is 4. The molecule has 5 heteroatoms. The lowest BCUT2D eigenvalue weighted by molar-refractivity contribution is -0.131. The lowest BCUT2D eigenvalue weighted by Gasteiger charge is -2.22. The zero-order valence-electron chi connectivity index (χ0n) is 14.4. The van der Waals surface area contributed by atoms with Crippen molar-refractivity contribution in [3.63, 3.8) is 0 Å². The molecule has 2 N–H and O–H groups in total. The summed E-state index contributed by atoms with van der Waals surface area (Å²) >= 11 is 6.08. The molecule has 1 aliphatic rings. The monoisotopic (exact) mass is 366 g/mol. The first kappa shape index (κ1) is 16.8. The number of aryl methyl sites for hydroxylation is 1. The molecule has 1 unspecified atom stereocenters. The minimum absolute atomic E-state index is 0.178. The molecule has 2 aromatic carbocycles. The molecule has 4 rings (SSSR count). The highest BCUT2D eigenvalue weighted by molar-refractivity contribution is 6.30. The summed E-state index contributed by atoms with van der Waals surface area (Å²) in [5.74, 6) is 1.91. The second-order valence-electron chi connectivity index (χ2n) is 6.32. The van der Waals surface area contributed by atoms with Crippen molar-refractivity contribution in [3.8, 4) is 11.3 Å². The Morgan fingerprint density at radius 1 is 1.08 bits per heavy atom. The number of benzene rings is 2. The van der Waals surface area contributed by atoms with Crippen LogP contribution in [0.25, 0.3) is 11.3 Å². The van der Waals surface area contributed by atoms with E-state index in [2.05, 4.69) is 19.1 Å². The van der Waals surface area contributed by atoms with E-state index < -0.39 is 0 Å². The minimum Gasteiger partial charge on any atom is -0.459 e. The molecule has 2 heterocycles. The average Bonchev–Trinajstić information content (AvgIpc) is 3.24. The van der Waals surface area contributed by atoms with E-state index in [1.807, 2.05) is 59.7 Å². The van der Waals surface area contributed by atoms with E-state index in [0.717, 1.165) is 17.1 Å². The first-order chi connectivity index (χ1) is 12.6. The van der Waals surface area contributed by atoms with Crippen molar-refractivity contribution in [1.29, 1.82) is 0 Å². The summed E-state index contributed by atoms with van der Waals surface area (Å²) < 4.78 is 6.07. The summed E-state index contributed by atoms with van der Waals surface area (Å²) in [5, 5.41) is 2.51. The van der Waals surface area contributed by atoms with Crippen LogP contribution in [0.5, 0.6) is 0 Å². The van der Waals surface area contributed by atoms with Gasteiger partial charge >= 0.3 is 0 Å². The second-order valence-corrected chi connectivity index (χ2v) is 6.76. The third-order valence-corrected chi connectivity index (χ3v) is 4.71. The summed E-state index contributed by atoms with van der Waals surface area (Å²) in [4.78, 5) is 5.71. The van der Waals surface area contributed by atoms with Crippen molar-refractivity contribution >= 4 is 11.6 Å². The van der Waals surface area contributed by atoms with Gasteiger partial charge in [-0.3, -0.25) is 0 Å². The van der Waals surface area contributed by atoms with Crippen LogP contribution in [0.15, 0.2) is 77.0 Å². The number of nitrogens with zero attached hydrogens (tertiary/aromatic N) is 1. The van der Waals surface area contributed by atoms with Gasteiger partial charge in [0.05, 0.1) is 6.54 Å². The number of furan rings is 1. The Morgan fingerprint density at radius 3 is 2.73 bits per heavy atom. The zero-order valence-corrected chi connectivity index (χ0v) is 15.1. The lowest BCUT2D eigenvalue weighted by atomic mass is 10.1. The van der Waals surface area contributed by atoms with Gasteiger partial charge in [0.1, 0.15) is 17.6 Å². The molecule has 0 fully saturated rings. The molecule has 0 saturated carbocycles. The highest BCUT2D eigenvalue weighted by Crippen LogP contribution is 2.35. The van der Waals surface area contributed by atoms with Crippen LogP contribution in [-0.2, 0) is 11.4 Å². The Balaban J connectivity index is 1.60. The molecule has 0 spiro atoms. The van der Waals surface area contributed by atoms with E-state index in [1.165, 1.54) is 11.1 Å². The van der Waals surface area contributed by atoms with Crippen LogP contribution in [-0.4, -0.2) is 5.06 Å². The van der Waals surface area contributed by atoms with Crippen LogP contribution >= 0.6 is 11.6 Å². The fraction of sp³-hybridized carbons (Fsp3) is 0.143. The molecule has 3 aromatic rings. The first-order valence-corrected chi connectivity index (χ1v) is 8.80. The molecular formula is C21H19ClN2O2. The third-order valence-electron chi connectivity index (χ3n) is 4.47. The van der Waals surface area contributed by atoms with Crippen LogP contribution in [0.3, 0.4) is 0 Å². The van der Waals surface area contributed by atoms with Gasteiger partial charge in [-0.15, -0.1) is 5.06 Å². The van der Waals surface area contributed by atoms with Gasteiger partial charge in [-0.2, -0.15) is 0 Å². The van der Waals surface area contributed by atoms with Crippen LogP contribution in [0, 0.1) is 6.92 Å². The molecule has 26 heavy (non-hydrogen) atoms. The van der Waals surface area contributed by atoms with Gasteiger partial charge in [0.25, 0.3) is 0 Å². The summed E-state index contributed by atoms with van der Waals surface area (Å²) in [7, 11) is 0. The average molecular weight is 367 g/mol. The highest BCUT2D eigenvalue weighted by Gasteiger charge is 2.30. The number of halogens is 1. The SMILES string of the molecule is Cc1ccccc1CN1OC(N)=CC1c1ccc(-c2cccc(Cl)c2)o1. The normalized spacial score (nSPS) is 17.2. The summed E-state index contributed by atoms with van der Waals surface area (Å²) in [6.45, 7) is 2.70. The van der Waals surface area contributed by atoms with E-state index >= 15 is 0 Å². The van der Waals surface area contributed by atoms with Crippen LogP contribution in [0.4, 0.5) is 0 Å². The Kier molecular flexibility index (Phi) is 4.45. The largest absolute Gasteiger partial charge is 0.459 e. The van der Waals surface area contributed by atoms with Gasteiger partial charge < -0.3 is 15.0 Å². The predicted octanol–water partition coefficient (Wildman–Crippen LogP) is 5.20. The molecule has 0 radical (unpaired) electrons. The smallest absolute Gasteiger partial charge is 0.207 e. The quantitative estimate of drug-likeness (QED) is 0.689. The number of hydroxylamine groups is 2. The van der Waals surface area contributed by atoms with Gasteiger partial charge in [-0.25, -0.2) is 0 Å². The van der Waals surface area contributed by atoms with Gasteiger partial charge in [0.15, 0.2) is 0 Å². The Hall–Kier alpha value is -2.69. The molecule has 0 saturated heterocycles. The Labute approximate surface area is 157 Å². The van der Waals surface area contributed by atoms with Crippen molar-refractivity contribution < 1.29 is 9.25 Å². The van der Waals surface area contributed by atoms with Gasteiger partial charge in [0, 0.05) is 16.7 Å². The zero-order chi connectivity index (χ0) is 18.1. The van der Waals surface area contributed by atoms with Crippen LogP contribution in [0.2, 0.25) is 5.02 Å². The van der Waals surface area contributed by atoms with E-state index in [4.69, 9.17) is 26.6 Å². The molecule has 0 amide bonds. The van der Waals surface area contributed by atoms with Gasteiger partial charge in [-0.1, -0.05) is 48.0 Å². The van der Waals surface area contributed by atoms with E-state index in [0.29, 0.717) is 17.5 Å². The number of hydrogen-bond donors (Lipinski definition) is 1. The Bertz CT molecular complexity index is 964. The summed E-state index contributed by atoms with van der Waals surface area (Å²) in [6, 6.07) is 19.5. The molecule has 4 nitrogen and oxygen atoms in total. The maximum absolute atomic E-state index is 6.08. The fourth-order valence-corrected chi connectivity index (χ4v) is 3.27. The van der Waals surface area contributed by atoms with Crippen molar-refractivity contribution in [2.45, 2.75) is 19.5 Å². The number of hydrogen-bond acceptors (Lipinski definition) is 4. The molecule has 132 valence electrons. The standard InChI is InChI=1S/C21H19ClN2O2/c1-14-5-2-3-6-16(14)13-24-18(12-21(23)26-24)20-10-9-19(25-20)15-7-4-8-17(22)11-15/h2-12,18H,13,23H2,1H3. The van der Waals surface area contributed by atoms with E-state index in [-0.39, 0.29) is 6.04 Å². The maximum atomic E-state index is 6.08. The van der Waals surface area contributed by atoms with Crippen LogP contribution in [0.1, 0.15) is 22.9 Å². The highest BCUT2D eigenvalue weighted by atomic mass is 35.5. The van der Waals surface area contributed by atoms with Crippen molar-refractivity contribution in [1.82, 2.24) is 5.06 Å². The van der Waals surface area contributed by atoms with E-state index in [1.54, 1.807) is 0 Å². The molecule has 1 aromatic heterocycles. The lowest BCUT2D eigenvalue weighted by Crippen LogP contribution is -2.23. The van der Waals surface area contributed by atoms with Gasteiger partial charge in [-0.05, 0) is 42.3 Å². The molecular weight excluding hydrogens is 348 g/mol. The second kappa shape index (κ2) is 6.90. The van der Waals surface area contributed by atoms with Crippen molar-refractivity contribution in [2.75, 3.05) is 0 Å². The van der Waals surface area contributed by atoms with Crippen molar-refractivity contribution in [3.05, 3.63) is 94.5 Å². The molecule has 0 aliphatic carbocycles. The van der Waals surface area contributed by atoms with Gasteiger partial charge in [0.2, 0.25) is 5.88 Å². The molecule has 1 atom stereocenters. The molecule has 0 bridgehead atoms. The predicted molar refractivity (Wildman–Crippen MR) is 102 cm³/mol. The van der Waals surface area contributed by atoms with Crippen LogP contribution < -0.4 is 5.73 Å².